The molecule has 0 aliphatic heterocycles. The van der Waals surface area contributed by atoms with Gasteiger partial charge in [-0.3, -0.25) is 4.98 Å². The van der Waals surface area contributed by atoms with Crippen LogP contribution in [0.1, 0.15) is 6.92 Å². The maximum Gasteiger partial charge on any atom is 0.167 e. The fraction of sp³-hybridized carbons (Fsp3) is 0.167. The van der Waals surface area contributed by atoms with Crippen molar-refractivity contribution >= 4 is 17.3 Å². The standard InChI is InChI=1S/C12H13FN4O/c1-2-18-10-4-3-8(5-9(10)13)16-12-7-15-6-11(14)17-12/h3-7H,2H2,1H3,(H3,14,16,17). The van der Waals surface area contributed by atoms with Gasteiger partial charge in [0.2, 0.25) is 0 Å². The first-order valence-corrected chi connectivity index (χ1v) is 5.46. The molecule has 0 saturated carbocycles. The van der Waals surface area contributed by atoms with Crippen LogP contribution in [0, 0.1) is 5.82 Å². The summed E-state index contributed by atoms with van der Waals surface area (Å²) in [7, 11) is 0. The van der Waals surface area contributed by atoms with Gasteiger partial charge in [0.1, 0.15) is 5.82 Å². The Labute approximate surface area is 104 Å². The summed E-state index contributed by atoms with van der Waals surface area (Å²) in [4.78, 5) is 7.89. The summed E-state index contributed by atoms with van der Waals surface area (Å²) in [6, 6.07) is 4.58. The molecule has 0 bridgehead atoms. The Hall–Kier alpha value is -2.37. The number of nitrogens with two attached hydrogens (primary N) is 1. The van der Waals surface area contributed by atoms with E-state index in [4.69, 9.17) is 10.5 Å². The third kappa shape index (κ3) is 2.85. The van der Waals surface area contributed by atoms with Crippen LogP contribution in [0.25, 0.3) is 0 Å². The lowest BCUT2D eigenvalue weighted by atomic mass is 10.3. The van der Waals surface area contributed by atoms with Gasteiger partial charge in [-0.1, -0.05) is 0 Å². The second kappa shape index (κ2) is 5.31. The number of nitrogen functional groups attached to an aromatic ring is 1. The van der Waals surface area contributed by atoms with E-state index in [2.05, 4.69) is 15.3 Å². The monoisotopic (exact) mass is 248 g/mol. The number of halogens is 1. The van der Waals surface area contributed by atoms with Crippen molar-refractivity contribution in [3.8, 4) is 5.75 Å². The van der Waals surface area contributed by atoms with Crippen molar-refractivity contribution in [2.45, 2.75) is 6.92 Å². The molecule has 18 heavy (non-hydrogen) atoms. The minimum Gasteiger partial charge on any atom is -0.491 e. The number of aromatic nitrogens is 2. The van der Waals surface area contributed by atoms with E-state index in [-0.39, 0.29) is 5.75 Å². The van der Waals surface area contributed by atoms with Gasteiger partial charge in [0.25, 0.3) is 0 Å². The van der Waals surface area contributed by atoms with Crippen LogP contribution in [0.2, 0.25) is 0 Å². The summed E-state index contributed by atoms with van der Waals surface area (Å²) in [6.45, 7) is 2.22. The van der Waals surface area contributed by atoms with Gasteiger partial charge >= 0.3 is 0 Å². The van der Waals surface area contributed by atoms with Crippen molar-refractivity contribution in [3.63, 3.8) is 0 Å². The molecule has 0 aliphatic rings. The van der Waals surface area contributed by atoms with Crippen molar-refractivity contribution in [2.24, 2.45) is 0 Å². The normalized spacial score (nSPS) is 10.1. The molecule has 1 heterocycles. The first kappa shape index (κ1) is 12.1. The average Bonchev–Trinajstić information content (AvgIpc) is 2.33. The molecule has 2 rings (SSSR count). The maximum atomic E-state index is 13.6. The SMILES string of the molecule is CCOc1ccc(Nc2cncc(N)n2)cc1F. The molecule has 0 atom stereocenters. The zero-order valence-electron chi connectivity index (χ0n) is 9.85. The van der Waals surface area contributed by atoms with E-state index in [0.717, 1.165) is 0 Å². The molecular formula is C12H13FN4O. The molecular weight excluding hydrogens is 235 g/mol. The molecule has 2 aromatic rings. The van der Waals surface area contributed by atoms with Crippen molar-refractivity contribution in [1.29, 1.82) is 0 Å². The van der Waals surface area contributed by atoms with Gasteiger partial charge in [0.05, 0.1) is 19.0 Å². The Balaban J connectivity index is 2.17. The predicted molar refractivity (Wildman–Crippen MR) is 67.3 cm³/mol. The minimum atomic E-state index is -0.432. The van der Waals surface area contributed by atoms with Crippen molar-refractivity contribution < 1.29 is 9.13 Å². The highest BCUT2D eigenvalue weighted by Gasteiger charge is 2.05. The fourth-order valence-corrected chi connectivity index (χ4v) is 1.44. The summed E-state index contributed by atoms with van der Waals surface area (Å²) in [5.41, 5.74) is 6.05. The van der Waals surface area contributed by atoms with Crippen molar-refractivity contribution in [1.82, 2.24) is 9.97 Å². The Morgan fingerprint density at radius 2 is 2.22 bits per heavy atom. The van der Waals surface area contributed by atoms with E-state index >= 15 is 0 Å². The van der Waals surface area contributed by atoms with Crippen molar-refractivity contribution in [3.05, 3.63) is 36.4 Å². The van der Waals surface area contributed by atoms with E-state index in [1.54, 1.807) is 19.1 Å². The van der Waals surface area contributed by atoms with Crippen LogP contribution in [0.15, 0.2) is 30.6 Å². The molecule has 0 saturated heterocycles. The summed E-state index contributed by atoms with van der Waals surface area (Å²) >= 11 is 0. The summed E-state index contributed by atoms with van der Waals surface area (Å²) in [5, 5.41) is 2.91. The lowest BCUT2D eigenvalue weighted by Crippen LogP contribution is -1.99. The molecule has 0 spiro atoms. The lowest BCUT2D eigenvalue weighted by Gasteiger charge is -2.08. The number of benzene rings is 1. The molecule has 0 aliphatic carbocycles. The van der Waals surface area contributed by atoms with Gasteiger partial charge in [-0.2, -0.15) is 0 Å². The Kier molecular flexibility index (Phi) is 3.57. The van der Waals surface area contributed by atoms with Crippen LogP contribution in [-0.4, -0.2) is 16.6 Å². The fourth-order valence-electron chi connectivity index (χ4n) is 1.44. The Bertz CT molecular complexity index is 547. The molecule has 0 fully saturated rings. The molecule has 0 radical (unpaired) electrons. The molecule has 3 N–H and O–H groups in total. The molecule has 0 unspecified atom stereocenters. The Morgan fingerprint density at radius 3 is 2.89 bits per heavy atom. The molecule has 0 amide bonds. The van der Waals surface area contributed by atoms with Crippen LogP contribution in [-0.2, 0) is 0 Å². The zero-order valence-corrected chi connectivity index (χ0v) is 9.85. The van der Waals surface area contributed by atoms with E-state index in [0.29, 0.717) is 23.9 Å². The second-order valence-corrected chi connectivity index (χ2v) is 3.53. The molecule has 5 nitrogen and oxygen atoms in total. The number of nitrogens with zero attached hydrogens (tertiary/aromatic N) is 2. The number of hydrogen-bond acceptors (Lipinski definition) is 5. The summed E-state index contributed by atoms with van der Waals surface area (Å²) in [6.07, 6.45) is 2.94. The third-order valence-electron chi connectivity index (χ3n) is 2.16. The second-order valence-electron chi connectivity index (χ2n) is 3.53. The topological polar surface area (TPSA) is 73.1 Å². The van der Waals surface area contributed by atoms with Crippen LogP contribution in [0.5, 0.6) is 5.75 Å². The first-order chi connectivity index (χ1) is 8.69. The molecule has 6 heteroatoms. The van der Waals surface area contributed by atoms with Crippen molar-refractivity contribution in [2.75, 3.05) is 17.7 Å². The maximum absolute atomic E-state index is 13.6. The van der Waals surface area contributed by atoms with Gasteiger partial charge in [-0.25, -0.2) is 9.37 Å². The van der Waals surface area contributed by atoms with E-state index < -0.39 is 5.82 Å². The van der Waals surface area contributed by atoms with Gasteiger partial charge in [-0.15, -0.1) is 0 Å². The van der Waals surface area contributed by atoms with Gasteiger partial charge in [-0.05, 0) is 19.1 Å². The summed E-state index contributed by atoms with van der Waals surface area (Å²) in [5.74, 6) is 0.547. The highest BCUT2D eigenvalue weighted by molar-refractivity contribution is 5.57. The number of hydrogen-bond donors (Lipinski definition) is 2. The smallest absolute Gasteiger partial charge is 0.167 e. The Morgan fingerprint density at radius 1 is 1.39 bits per heavy atom. The van der Waals surface area contributed by atoms with E-state index in [1.807, 2.05) is 0 Å². The molecule has 1 aromatic heterocycles. The largest absolute Gasteiger partial charge is 0.491 e. The average molecular weight is 248 g/mol. The highest BCUT2D eigenvalue weighted by atomic mass is 19.1. The first-order valence-electron chi connectivity index (χ1n) is 5.46. The van der Waals surface area contributed by atoms with Gasteiger partial charge in [0, 0.05) is 11.8 Å². The van der Waals surface area contributed by atoms with Crippen LogP contribution >= 0.6 is 0 Å². The van der Waals surface area contributed by atoms with Crippen LogP contribution < -0.4 is 15.8 Å². The minimum absolute atomic E-state index is 0.224. The van der Waals surface area contributed by atoms with Crippen LogP contribution in [0.4, 0.5) is 21.7 Å². The van der Waals surface area contributed by atoms with Gasteiger partial charge in [0.15, 0.2) is 17.4 Å². The quantitative estimate of drug-likeness (QED) is 0.868. The zero-order chi connectivity index (χ0) is 13.0. The predicted octanol–water partition coefficient (Wildman–Crippen LogP) is 2.34. The van der Waals surface area contributed by atoms with Crippen LogP contribution in [0.3, 0.4) is 0 Å². The van der Waals surface area contributed by atoms with E-state index in [9.17, 15) is 4.39 Å². The number of ether oxygens (including phenoxy) is 1. The summed E-state index contributed by atoms with van der Waals surface area (Å²) < 4.78 is 18.7. The number of anilines is 3. The van der Waals surface area contributed by atoms with E-state index in [1.165, 1.54) is 18.5 Å². The third-order valence-corrected chi connectivity index (χ3v) is 2.16. The highest BCUT2D eigenvalue weighted by Crippen LogP contribution is 2.23. The lowest BCUT2D eigenvalue weighted by molar-refractivity contribution is 0.321. The number of nitrogens with one attached hydrogen (secondary N) is 1. The molecule has 1 aromatic carbocycles. The van der Waals surface area contributed by atoms with Gasteiger partial charge < -0.3 is 15.8 Å². The number of rotatable bonds is 4. The molecule has 94 valence electrons.